The van der Waals surface area contributed by atoms with Gasteiger partial charge >= 0.3 is 5.97 Å². The molecule has 13 heteroatoms. The van der Waals surface area contributed by atoms with Crippen molar-refractivity contribution in [2.45, 2.75) is 49.7 Å². The molecule has 3 N–H and O–H groups in total. The zero-order valence-corrected chi connectivity index (χ0v) is 22.1. The number of aromatic nitrogens is 3. The van der Waals surface area contributed by atoms with Gasteiger partial charge in [-0.2, -0.15) is 0 Å². The van der Waals surface area contributed by atoms with Crippen molar-refractivity contribution in [2.24, 2.45) is 0 Å². The van der Waals surface area contributed by atoms with Crippen LogP contribution in [0.4, 0.5) is 11.6 Å². The van der Waals surface area contributed by atoms with Crippen molar-refractivity contribution in [1.82, 2.24) is 25.2 Å². The first-order valence-corrected chi connectivity index (χ1v) is 13.0. The highest BCUT2D eigenvalue weighted by Crippen LogP contribution is 2.47. The molecule has 0 spiro atoms. The summed E-state index contributed by atoms with van der Waals surface area (Å²) in [6.07, 6.45) is 4.85. The van der Waals surface area contributed by atoms with E-state index in [4.69, 9.17) is 28.3 Å². The number of benzene rings is 1. The lowest BCUT2D eigenvalue weighted by atomic mass is 10.1. The van der Waals surface area contributed by atoms with Gasteiger partial charge in [0.2, 0.25) is 11.9 Å². The molecule has 1 aromatic carbocycles. The maximum absolute atomic E-state index is 13.4. The van der Waals surface area contributed by atoms with Crippen LogP contribution in [-0.4, -0.2) is 48.9 Å². The van der Waals surface area contributed by atoms with E-state index in [2.05, 4.69) is 20.6 Å². The molecule has 39 heavy (non-hydrogen) atoms. The van der Waals surface area contributed by atoms with Crippen molar-refractivity contribution >= 4 is 58.5 Å². The third-order valence-electron chi connectivity index (χ3n) is 7.42. The molecule has 2 fully saturated rings. The average Bonchev–Trinajstić information content (AvgIpc) is 3.79. The highest BCUT2D eigenvalue weighted by molar-refractivity contribution is 6.35. The van der Waals surface area contributed by atoms with Crippen LogP contribution in [-0.2, 0) is 15.1 Å². The minimum Gasteiger partial charge on any atom is -0.478 e. The number of anilines is 2. The molecule has 3 aromatic rings. The molecule has 2 aromatic heterocycles. The van der Waals surface area contributed by atoms with Crippen LogP contribution in [0.15, 0.2) is 42.7 Å². The van der Waals surface area contributed by atoms with Gasteiger partial charge in [0.05, 0.1) is 28.7 Å². The van der Waals surface area contributed by atoms with Gasteiger partial charge in [-0.1, -0.05) is 23.2 Å². The van der Waals surface area contributed by atoms with E-state index in [1.54, 1.807) is 31.2 Å². The van der Waals surface area contributed by atoms with Crippen LogP contribution in [0.1, 0.15) is 65.2 Å². The number of halogens is 2. The molecule has 200 valence electrons. The Bertz CT molecular complexity index is 1540. The van der Waals surface area contributed by atoms with Gasteiger partial charge in [-0.25, -0.2) is 14.7 Å². The summed E-state index contributed by atoms with van der Waals surface area (Å²) in [6.45, 7) is 1.66. The van der Waals surface area contributed by atoms with Crippen molar-refractivity contribution in [1.29, 1.82) is 0 Å². The van der Waals surface area contributed by atoms with E-state index < -0.39 is 29.0 Å². The van der Waals surface area contributed by atoms with E-state index in [0.29, 0.717) is 47.1 Å². The molecular weight excluding hydrogens is 547 g/mol. The Morgan fingerprint density at radius 1 is 1.00 bits per heavy atom. The van der Waals surface area contributed by atoms with Crippen molar-refractivity contribution in [3.05, 3.63) is 69.7 Å². The summed E-state index contributed by atoms with van der Waals surface area (Å²) < 4.78 is 1.52. The molecule has 0 radical (unpaired) electrons. The van der Waals surface area contributed by atoms with Gasteiger partial charge in [0.1, 0.15) is 17.3 Å². The lowest BCUT2D eigenvalue weighted by molar-refractivity contribution is -0.125. The first kappa shape index (κ1) is 25.3. The number of carbonyl (C=O) groups is 4. The summed E-state index contributed by atoms with van der Waals surface area (Å²) in [5.74, 6) is -2.00. The van der Waals surface area contributed by atoms with E-state index in [1.165, 1.54) is 27.9 Å². The second kappa shape index (κ2) is 8.78. The van der Waals surface area contributed by atoms with Crippen LogP contribution in [0.2, 0.25) is 10.0 Å². The minimum absolute atomic E-state index is 0.0601. The zero-order valence-electron chi connectivity index (χ0n) is 20.6. The van der Waals surface area contributed by atoms with Crippen molar-refractivity contribution in [3.8, 4) is 0 Å². The molecule has 3 amide bonds. The van der Waals surface area contributed by atoms with Gasteiger partial charge in [-0.05, 0) is 62.9 Å². The van der Waals surface area contributed by atoms with Crippen LogP contribution in [0.5, 0.6) is 0 Å². The summed E-state index contributed by atoms with van der Waals surface area (Å²) in [4.78, 5) is 60.9. The number of hydrogen-bond donors (Lipinski definition) is 3. The molecule has 0 saturated heterocycles. The topological polar surface area (TPSA) is 147 Å². The molecule has 3 heterocycles. The van der Waals surface area contributed by atoms with Gasteiger partial charge in [0, 0.05) is 16.2 Å². The van der Waals surface area contributed by atoms with Gasteiger partial charge in [-0.15, -0.1) is 0 Å². The van der Waals surface area contributed by atoms with Crippen molar-refractivity contribution in [2.75, 3.05) is 4.90 Å². The predicted octanol–water partition coefficient (Wildman–Crippen LogP) is 3.59. The monoisotopic (exact) mass is 568 g/mol. The van der Waals surface area contributed by atoms with Crippen LogP contribution in [0.25, 0.3) is 0 Å². The maximum Gasteiger partial charge on any atom is 0.337 e. The molecule has 2 aliphatic carbocycles. The Labute approximate surface area is 232 Å². The largest absolute Gasteiger partial charge is 0.478 e. The maximum atomic E-state index is 13.4. The number of carboxylic acid groups (broad SMARTS) is 1. The van der Waals surface area contributed by atoms with Crippen LogP contribution in [0, 0.1) is 0 Å². The number of carboxylic acids is 1. The lowest BCUT2D eigenvalue weighted by Crippen LogP contribution is -2.52. The number of carbonyl (C=O) groups excluding carboxylic acids is 3. The van der Waals surface area contributed by atoms with E-state index >= 15 is 0 Å². The fourth-order valence-corrected chi connectivity index (χ4v) is 5.41. The SMILES string of the molecule is C[C@H]1C(=O)N(c2cc(Cl)cc(Cl)c2)c2ncc(C(=O)NC3(C(=O)NC4(c5ccc(C(=O)O)cn5)CC4)CC3)n21. The van der Waals surface area contributed by atoms with Gasteiger partial charge in [-0.3, -0.25) is 23.9 Å². The zero-order chi connectivity index (χ0) is 27.7. The molecule has 1 atom stereocenters. The first-order chi connectivity index (χ1) is 18.5. The summed E-state index contributed by atoms with van der Waals surface area (Å²) in [6, 6.07) is 7.05. The molecule has 1 aliphatic heterocycles. The number of amides is 3. The number of hydrogen-bond acceptors (Lipinski definition) is 6. The predicted molar refractivity (Wildman–Crippen MR) is 140 cm³/mol. The van der Waals surface area contributed by atoms with Crippen LogP contribution >= 0.6 is 23.2 Å². The number of imidazole rings is 1. The van der Waals surface area contributed by atoms with Gasteiger partial charge in [0.25, 0.3) is 11.8 Å². The fraction of sp³-hybridized carbons (Fsp3) is 0.308. The summed E-state index contributed by atoms with van der Waals surface area (Å²) in [5.41, 5.74) is -0.572. The number of rotatable bonds is 7. The van der Waals surface area contributed by atoms with Crippen molar-refractivity contribution < 1.29 is 24.3 Å². The standard InChI is InChI=1S/C26H22Cl2N6O5/c1-13-21(36)34(17-9-15(27)8-16(28)10-17)24-30-12-18(33(13)24)20(35)31-26(6-7-26)23(39)32-25(4-5-25)19-3-2-14(11-29-19)22(37)38/h2-3,8-13H,4-7H2,1H3,(H,31,35)(H,32,39)(H,37,38)/t13-/m0/s1. The third-order valence-corrected chi connectivity index (χ3v) is 7.86. The normalized spacial score (nSPS) is 19.8. The molecule has 6 rings (SSSR count). The minimum atomic E-state index is -1.09. The smallest absolute Gasteiger partial charge is 0.337 e. The second-order valence-electron chi connectivity index (χ2n) is 10.1. The number of nitrogens with zero attached hydrogens (tertiary/aromatic N) is 4. The summed E-state index contributed by atoms with van der Waals surface area (Å²) >= 11 is 12.3. The second-order valence-corrected chi connectivity index (χ2v) is 11.0. The van der Waals surface area contributed by atoms with Crippen LogP contribution < -0.4 is 15.5 Å². The Hall–Kier alpha value is -3.96. The van der Waals surface area contributed by atoms with E-state index in [1.807, 2.05) is 0 Å². The third kappa shape index (κ3) is 4.22. The van der Waals surface area contributed by atoms with Gasteiger partial charge in [0.15, 0.2) is 0 Å². The van der Waals surface area contributed by atoms with E-state index in [-0.39, 0.29) is 29.0 Å². The lowest BCUT2D eigenvalue weighted by Gasteiger charge is -2.23. The van der Waals surface area contributed by atoms with E-state index in [0.717, 1.165) is 0 Å². The molecule has 0 unspecified atom stereocenters. The highest BCUT2D eigenvalue weighted by Gasteiger charge is 2.56. The number of pyridine rings is 1. The Morgan fingerprint density at radius 3 is 2.26 bits per heavy atom. The molecule has 11 nitrogen and oxygen atoms in total. The van der Waals surface area contributed by atoms with Crippen LogP contribution in [0.3, 0.4) is 0 Å². The molecule has 2 saturated carbocycles. The number of fused-ring (bicyclic) bond motifs is 1. The fourth-order valence-electron chi connectivity index (χ4n) is 4.90. The van der Waals surface area contributed by atoms with Crippen molar-refractivity contribution in [3.63, 3.8) is 0 Å². The highest BCUT2D eigenvalue weighted by atomic mass is 35.5. The number of nitrogens with one attached hydrogen (secondary N) is 2. The van der Waals surface area contributed by atoms with E-state index in [9.17, 15) is 19.2 Å². The Balaban J connectivity index is 1.21. The van der Waals surface area contributed by atoms with Gasteiger partial charge < -0.3 is 15.7 Å². The summed E-state index contributed by atoms with van der Waals surface area (Å²) in [5, 5.41) is 15.7. The quantitative estimate of drug-likeness (QED) is 0.394. The Morgan fingerprint density at radius 2 is 1.69 bits per heavy atom. The summed E-state index contributed by atoms with van der Waals surface area (Å²) in [7, 11) is 0. The molecule has 3 aliphatic rings. The number of aromatic carboxylic acids is 1. The molecular formula is C26H22Cl2N6O5. The molecule has 0 bridgehead atoms. The Kier molecular flexibility index (Phi) is 5.70. The first-order valence-electron chi connectivity index (χ1n) is 12.3. The average molecular weight is 569 g/mol.